The normalized spacial score (nSPS) is 10.3. The van der Waals surface area contributed by atoms with Crippen LogP contribution in [0.1, 0.15) is 11.5 Å². The number of aryl methyl sites for hydroxylation is 1. The van der Waals surface area contributed by atoms with Gasteiger partial charge in [0.15, 0.2) is 0 Å². The average molecular weight is 219 g/mol. The van der Waals surface area contributed by atoms with E-state index in [2.05, 4.69) is 9.97 Å². The summed E-state index contributed by atoms with van der Waals surface area (Å²) in [5.41, 5.74) is 2.89. The number of rotatable bonds is 2. The number of hydrogen-bond acceptors (Lipinski definition) is 2. The highest BCUT2D eigenvalue weighted by molar-refractivity contribution is 6.16. The fraction of sp³-hybridized carbons (Fsp3) is 0.167. The molecule has 2 rings (SSSR count). The van der Waals surface area contributed by atoms with E-state index < -0.39 is 0 Å². The van der Waals surface area contributed by atoms with Gasteiger partial charge in [-0.05, 0) is 13.0 Å². The lowest BCUT2D eigenvalue weighted by atomic mass is 10.1. The molecule has 0 aliphatic heterocycles. The van der Waals surface area contributed by atoms with E-state index in [0.29, 0.717) is 5.88 Å². The fourth-order valence-electron chi connectivity index (χ4n) is 1.45. The Hall–Kier alpha value is -1.41. The third-order valence-corrected chi connectivity index (χ3v) is 2.37. The molecular formula is C12H11ClN2. The maximum Gasteiger partial charge on any atom is 0.126 e. The van der Waals surface area contributed by atoms with Gasteiger partial charge in [-0.1, -0.05) is 30.3 Å². The van der Waals surface area contributed by atoms with Crippen molar-refractivity contribution in [2.45, 2.75) is 12.8 Å². The smallest absolute Gasteiger partial charge is 0.126 e. The van der Waals surface area contributed by atoms with Crippen LogP contribution in [0.2, 0.25) is 0 Å². The molecule has 0 atom stereocenters. The molecule has 2 nitrogen and oxygen atoms in total. The van der Waals surface area contributed by atoms with E-state index in [1.165, 1.54) is 0 Å². The highest BCUT2D eigenvalue weighted by atomic mass is 35.5. The molecule has 0 fully saturated rings. The number of halogens is 1. The summed E-state index contributed by atoms with van der Waals surface area (Å²) in [5.74, 6) is 1.18. The molecule has 0 aliphatic rings. The zero-order chi connectivity index (χ0) is 10.7. The van der Waals surface area contributed by atoms with E-state index in [0.717, 1.165) is 22.8 Å². The van der Waals surface area contributed by atoms with E-state index in [9.17, 15) is 0 Å². The molecule has 76 valence electrons. The van der Waals surface area contributed by atoms with Crippen molar-refractivity contribution in [2.75, 3.05) is 0 Å². The van der Waals surface area contributed by atoms with Crippen LogP contribution in [-0.4, -0.2) is 9.97 Å². The van der Waals surface area contributed by atoms with Crippen molar-refractivity contribution in [1.82, 2.24) is 9.97 Å². The fourth-order valence-corrected chi connectivity index (χ4v) is 1.59. The standard InChI is InChI=1S/C12H11ClN2/c1-9-14-11(8-13)7-12(15-9)10-5-3-2-4-6-10/h2-7H,8H2,1H3. The Bertz CT molecular complexity index is 454. The third-order valence-electron chi connectivity index (χ3n) is 2.10. The summed E-state index contributed by atoms with van der Waals surface area (Å²) in [6, 6.07) is 12.0. The SMILES string of the molecule is Cc1nc(CCl)cc(-c2ccccc2)n1. The highest BCUT2D eigenvalue weighted by Gasteiger charge is 2.02. The van der Waals surface area contributed by atoms with Crippen molar-refractivity contribution >= 4 is 11.6 Å². The van der Waals surface area contributed by atoms with Crippen molar-refractivity contribution in [3.63, 3.8) is 0 Å². The third kappa shape index (κ3) is 2.34. The minimum atomic E-state index is 0.420. The first-order chi connectivity index (χ1) is 7.29. The molecule has 3 heteroatoms. The lowest BCUT2D eigenvalue weighted by Crippen LogP contribution is -1.95. The second-order valence-corrected chi connectivity index (χ2v) is 3.56. The van der Waals surface area contributed by atoms with Gasteiger partial charge in [0, 0.05) is 5.56 Å². The second kappa shape index (κ2) is 4.41. The molecule has 0 spiro atoms. The number of benzene rings is 1. The topological polar surface area (TPSA) is 25.8 Å². The molecule has 0 saturated carbocycles. The molecule has 0 amide bonds. The van der Waals surface area contributed by atoms with Crippen LogP contribution in [0.3, 0.4) is 0 Å². The van der Waals surface area contributed by atoms with Crippen LogP contribution in [0.25, 0.3) is 11.3 Å². The summed E-state index contributed by atoms with van der Waals surface area (Å²) in [5, 5.41) is 0. The summed E-state index contributed by atoms with van der Waals surface area (Å²) in [6.07, 6.45) is 0. The van der Waals surface area contributed by atoms with Crippen molar-refractivity contribution in [2.24, 2.45) is 0 Å². The van der Waals surface area contributed by atoms with E-state index in [1.807, 2.05) is 43.3 Å². The van der Waals surface area contributed by atoms with Crippen LogP contribution in [0.5, 0.6) is 0 Å². The van der Waals surface area contributed by atoms with Gasteiger partial charge in [0.25, 0.3) is 0 Å². The molecule has 0 saturated heterocycles. The number of hydrogen-bond donors (Lipinski definition) is 0. The van der Waals surface area contributed by atoms with Gasteiger partial charge in [-0.25, -0.2) is 9.97 Å². The van der Waals surface area contributed by atoms with Crippen LogP contribution >= 0.6 is 11.6 Å². The predicted octanol–water partition coefficient (Wildman–Crippen LogP) is 3.19. The van der Waals surface area contributed by atoms with Gasteiger partial charge in [-0.3, -0.25) is 0 Å². The molecular weight excluding hydrogens is 208 g/mol. The van der Waals surface area contributed by atoms with E-state index in [1.54, 1.807) is 0 Å². The summed E-state index contributed by atoms with van der Waals surface area (Å²) < 4.78 is 0. The molecule has 0 bridgehead atoms. The summed E-state index contributed by atoms with van der Waals surface area (Å²) >= 11 is 5.77. The van der Waals surface area contributed by atoms with Crippen molar-refractivity contribution < 1.29 is 0 Å². The monoisotopic (exact) mass is 218 g/mol. The van der Waals surface area contributed by atoms with Crippen LogP contribution in [0, 0.1) is 6.92 Å². The Morgan fingerprint density at radius 2 is 1.87 bits per heavy atom. The van der Waals surface area contributed by atoms with Gasteiger partial charge in [-0.15, -0.1) is 11.6 Å². The minimum absolute atomic E-state index is 0.420. The molecule has 2 aromatic rings. The Morgan fingerprint density at radius 3 is 2.53 bits per heavy atom. The van der Waals surface area contributed by atoms with Crippen LogP contribution in [-0.2, 0) is 5.88 Å². The maximum atomic E-state index is 5.77. The zero-order valence-electron chi connectivity index (χ0n) is 8.44. The molecule has 15 heavy (non-hydrogen) atoms. The van der Waals surface area contributed by atoms with E-state index in [-0.39, 0.29) is 0 Å². The maximum absolute atomic E-state index is 5.77. The van der Waals surface area contributed by atoms with Crippen molar-refractivity contribution in [3.05, 3.63) is 47.9 Å². The number of nitrogens with zero attached hydrogens (tertiary/aromatic N) is 2. The largest absolute Gasteiger partial charge is 0.237 e. The summed E-state index contributed by atoms with van der Waals surface area (Å²) in [7, 11) is 0. The molecule has 1 aromatic carbocycles. The minimum Gasteiger partial charge on any atom is -0.237 e. The van der Waals surface area contributed by atoms with Gasteiger partial charge >= 0.3 is 0 Å². The second-order valence-electron chi connectivity index (χ2n) is 3.29. The zero-order valence-corrected chi connectivity index (χ0v) is 9.20. The molecule has 0 unspecified atom stereocenters. The molecule has 0 aliphatic carbocycles. The Morgan fingerprint density at radius 1 is 1.13 bits per heavy atom. The summed E-state index contributed by atoms with van der Waals surface area (Å²) in [6.45, 7) is 1.88. The molecule has 0 N–H and O–H groups in total. The molecule has 1 heterocycles. The highest BCUT2D eigenvalue weighted by Crippen LogP contribution is 2.17. The van der Waals surface area contributed by atoms with Gasteiger partial charge in [0.2, 0.25) is 0 Å². The first kappa shape index (κ1) is 10.1. The lowest BCUT2D eigenvalue weighted by molar-refractivity contribution is 1.01. The molecule has 0 radical (unpaired) electrons. The number of alkyl halides is 1. The Labute approximate surface area is 94.0 Å². The van der Waals surface area contributed by atoms with Gasteiger partial charge in [0.1, 0.15) is 5.82 Å². The van der Waals surface area contributed by atoms with E-state index >= 15 is 0 Å². The first-order valence-corrected chi connectivity index (χ1v) is 5.29. The first-order valence-electron chi connectivity index (χ1n) is 4.75. The van der Waals surface area contributed by atoms with Crippen LogP contribution < -0.4 is 0 Å². The van der Waals surface area contributed by atoms with Gasteiger partial charge in [0.05, 0.1) is 17.3 Å². The van der Waals surface area contributed by atoms with Crippen molar-refractivity contribution in [3.8, 4) is 11.3 Å². The van der Waals surface area contributed by atoms with Gasteiger partial charge in [-0.2, -0.15) is 0 Å². The predicted molar refractivity (Wildman–Crippen MR) is 61.8 cm³/mol. The lowest BCUT2D eigenvalue weighted by Gasteiger charge is -2.03. The quantitative estimate of drug-likeness (QED) is 0.724. The molecule has 1 aromatic heterocycles. The van der Waals surface area contributed by atoms with Crippen molar-refractivity contribution in [1.29, 1.82) is 0 Å². The Balaban J connectivity index is 2.49. The Kier molecular flexibility index (Phi) is 2.97. The summed E-state index contributed by atoms with van der Waals surface area (Å²) in [4.78, 5) is 8.62. The number of aromatic nitrogens is 2. The van der Waals surface area contributed by atoms with Gasteiger partial charge < -0.3 is 0 Å². The van der Waals surface area contributed by atoms with Crippen LogP contribution in [0.4, 0.5) is 0 Å². The average Bonchev–Trinajstić information content (AvgIpc) is 2.29. The van der Waals surface area contributed by atoms with Crippen LogP contribution in [0.15, 0.2) is 36.4 Å². The van der Waals surface area contributed by atoms with E-state index in [4.69, 9.17) is 11.6 Å².